The molecule has 0 aromatic heterocycles. The Bertz CT molecular complexity index is 1010. The molecule has 36 heavy (non-hydrogen) atoms. The van der Waals surface area contributed by atoms with Crippen molar-refractivity contribution in [1.82, 2.24) is 0 Å². The maximum Gasteiger partial charge on any atom is 4.00 e. The van der Waals surface area contributed by atoms with Crippen molar-refractivity contribution in [2.75, 3.05) is 0 Å². The third-order valence-corrected chi connectivity index (χ3v) is 9.92. The zero-order valence-corrected chi connectivity index (χ0v) is 27.0. The van der Waals surface area contributed by atoms with Gasteiger partial charge in [-0.2, -0.15) is 0 Å². The number of benzene rings is 1. The molecule has 0 heterocycles. The van der Waals surface area contributed by atoms with E-state index in [1.807, 2.05) is 0 Å². The molecule has 6 atom stereocenters. The van der Waals surface area contributed by atoms with Crippen LogP contribution < -0.4 is 0 Å². The van der Waals surface area contributed by atoms with Crippen LogP contribution in [0.15, 0.2) is 70.9 Å². The first kappa shape index (κ1) is 31.3. The molecule has 4 fully saturated rings. The van der Waals surface area contributed by atoms with Crippen molar-refractivity contribution in [3.8, 4) is 0 Å². The first-order valence-corrected chi connectivity index (χ1v) is 13.3. The van der Waals surface area contributed by atoms with Gasteiger partial charge in [-0.15, -0.1) is 0 Å². The molecular formula is C35H48Hf. The summed E-state index contributed by atoms with van der Waals surface area (Å²) >= 11 is 0. The summed E-state index contributed by atoms with van der Waals surface area (Å²) in [6, 6.07) is 11.4. The van der Waals surface area contributed by atoms with Crippen LogP contribution in [0.1, 0.15) is 76.2 Å². The van der Waals surface area contributed by atoms with Crippen LogP contribution in [0.3, 0.4) is 0 Å². The molecule has 6 aliphatic carbocycles. The van der Waals surface area contributed by atoms with Crippen LogP contribution in [0, 0.1) is 65.2 Å². The second-order valence-electron chi connectivity index (χ2n) is 11.4. The maximum absolute atomic E-state index is 2.79. The molecule has 192 valence electrons. The van der Waals surface area contributed by atoms with Gasteiger partial charge in [0.25, 0.3) is 0 Å². The Morgan fingerprint density at radius 3 is 2.00 bits per heavy atom. The zero-order valence-electron chi connectivity index (χ0n) is 23.4. The maximum atomic E-state index is 2.79. The van der Waals surface area contributed by atoms with Gasteiger partial charge >= 0.3 is 25.8 Å². The van der Waals surface area contributed by atoms with E-state index in [1.165, 1.54) is 76.2 Å². The standard InChI is InChI=1S/C31H36.4CH3.Hf/c1-2-6-20(7-3-1)31-27-11-5-10-23(27)19-30-26(14-15-28(30)31)17-25-13-12-24-16-21-8-4-9-22(21)18-29(24)25;;;;;/h1-3,6-7,16,18-19,24-26,28-30H,4-5,8-15,17H2;4*1H3;/q;4*-1;+4. The minimum Gasteiger partial charge on any atom is -0.358 e. The van der Waals surface area contributed by atoms with Crippen LogP contribution in [-0.2, 0) is 25.8 Å². The molecule has 0 N–H and O–H groups in total. The smallest absolute Gasteiger partial charge is 0.358 e. The van der Waals surface area contributed by atoms with E-state index in [4.69, 9.17) is 0 Å². The monoisotopic (exact) mass is 648 g/mol. The molecule has 1 aromatic carbocycles. The number of rotatable bonds is 3. The predicted molar refractivity (Wildman–Crippen MR) is 155 cm³/mol. The first-order valence-electron chi connectivity index (χ1n) is 13.3. The fraction of sp³-hybridized carbons (Fsp3) is 0.486. The number of hydrogen-bond donors (Lipinski definition) is 0. The predicted octanol–water partition coefficient (Wildman–Crippen LogP) is 10.1. The molecular weight excluding hydrogens is 599 g/mol. The van der Waals surface area contributed by atoms with E-state index in [9.17, 15) is 0 Å². The summed E-state index contributed by atoms with van der Waals surface area (Å²) < 4.78 is 0. The summed E-state index contributed by atoms with van der Waals surface area (Å²) in [7, 11) is 0. The molecule has 0 spiro atoms. The third-order valence-electron chi connectivity index (χ3n) is 9.92. The van der Waals surface area contributed by atoms with Crippen molar-refractivity contribution < 1.29 is 25.8 Å². The average Bonchev–Trinajstić information content (AvgIpc) is 3.59. The molecule has 0 nitrogen and oxygen atoms in total. The molecule has 1 heteroatoms. The Kier molecular flexibility index (Phi) is 11.1. The van der Waals surface area contributed by atoms with E-state index < -0.39 is 0 Å². The summed E-state index contributed by atoms with van der Waals surface area (Å²) in [6.45, 7) is 0. The van der Waals surface area contributed by atoms with Crippen molar-refractivity contribution in [1.29, 1.82) is 0 Å². The summed E-state index contributed by atoms with van der Waals surface area (Å²) in [5, 5.41) is 0. The second-order valence-corrected chi connectivity index (χ2v) is 11.4. The largest absolute Gasteiger partial charge is 4.00 e. The first-order chi connectivity index (χ1) is 15.3. The summed E-state index contributed by atoms with van der Waals surface area (Å²) in [4.78, 5) is 0. The van der Waals surface area contributed by atoms with Gasteiger partial charge in [-0.3, -0.25) is 0 Å². The Morgan fingerprint density at radius 2 is 1.22 bits per heavy atom. The van der Waals surface area contributed by atoms with E-state index in [-0.39, 0.29) is 55.5 Å². The van der Waals surface area contributed by atoms with E-state index >= 15 is 0 Å². The number of hydrogen-bond acceptors (Lipinski definition) is 0. The van der Waals surface area contributed by atoms with E-state index in [1.54, 1.807) is 27.9 Å². The van der Waals surface area contributed by atoms with Gasteiger partial charge in [0, 0.05) is 0 Å². The normalized spacial score (nSPS) is 32.9. The molecule has 6 unspecified atom stereocenters. The molecule has 0 amide bonds. The summed E-state index contributed by atoms with van der Waals surface area (Å²) in [6.07, 6.45) is 23.7. The molecule has 4 saturated carbocycles. The van der Waals surface area contributed by atoms with Crippen LogP contribution in [-0.4, -0.2) is 0 Å². The van der Waals surface area contributed by atoms with Gasteiger partial charge in [0.15, 0.2) is 0 Å². The van der Waals surface area contributed by atoms with Gasteiger partial charge in [-0.1, -0.05) is 48.6 Å². The Morgan fingerprint density at radius 1 is 0.611 bits per heavy atom. The minimum atomic E-state index is 0. The SMILES string of the molecule is C1=C2CCCC2=CC2C1CCC2CC1CCC2C(c3ccccc3)=C3CCCC3=CC12.[CH3-].[CH3-].[CH3-].[CH3-].[Hf+4]. The number of allylic oxidation sites excluding steroid dienone is 8. The Hall–Kier alpha value is -0.950. The topological polar surface area (TPSA) is 0 Å². The Balaban J connectivity index is 0.000000913. The van der Waals surface area contributed by atoms with Gasteiger partial charge in [0.1, 0.15) is 0 Å². The van der Waals surface area contributed by atoms with E-state index in [2.05, 4.69) is 48.6 Å². The third kappa shape index (κ3) is 5.17. The van der Waals surface area contributed by atoms with Gasteiger partial charge in [0.05, 0.1) is 0 Å². The molecule has 6 aliphatic rings. The Labute approximate surface area is 242 Å². The summed E-state index contributed by atoms with van der Waals surface area (Å²) in [5.41, 5.74) is 10.2. The van der Waals surface area contributed by atoms with Crippen molar-refractivity contribution >= 4 is 5.57 Å². The second kappa shape index (κ2) is 12.7. The van der Waals surface area contributed by atoms with E-state index in [0.717, 1.165) is 35.5 Å². The van der Waals surface area contributed by atoms with E-state index in [0.29, 0.717) is 0 Å². The molecule has 0 saturated heterocycles. The molecule has 0 aliphatic heterocycles. The molecule has 0 radical (unpaired) electrons. The molecule has 0 bridgehead atoms. The fourth-order valence-corrected chi connectivity index (χ4v) is 8.61. The van der Waals surface area contributed by atoms with Crippen LogP contribution in [0.25, 0.3) is 5.57 Å². The van der Waals surface area contributed by atoms with Crippen LogP contribution in [0.2, 0.25) is 0 Å². The fourth-order valence-electron chi connectivity index (χ4n) is 8.61. The van der Waals surface area contributed by atoms with Gasteiger partial charge in [-0.25, -0.2) is 0 Å². The van der Waals surface area contributed by atoms with Crippen LogP contribution in [0.5, 0.6) is 0 Å². The molecule has 7 rings (SSSR count). The van der Waals surface area contributed by atoms with Crippen molar-refractivity contribution in [2.45, 2.75) is 70.6 Å². The number of fused-ring (bicyclic) bond motifs is 4. The van der Waals surface area contributed by atoms with Crippen molar-refractivity contribution in [3.63, 3.8) is 0 Å². The van der Waals surface area contributed by atoms with Crippen LogP contribution >= 0.6 is 0 Å². The van der Waals surface area contributed by atoms with Crippen molar-refractivity contribution in [2.24, 2.45) is 35.5 Å². The zero-order chi connectivity index (χ0) is 20.4. The van der Waals surface area contributed by atoms with Crippen molar-refractivity contribution in [3.05, 3.63) is 106 Å². The van der Waals surface area contributed by atoms with Gasteiger partial charge < -0.3 is 29.7 Å². The average molecular weight is 647 g/mol. The van der Waals surface area contributed by atoms with Gasteiger partial charge in [0.2, 0.25) is 0 Å². The summed E-state index contributed by atoms with van der Waals surface area (Å²) in [5.74, 6) is 5.16. The van der Waals surface area contributed by atoms with Gasteiger partial charge in [-0.05, 0) is 140 Å². The minimum absolute atomic E-state index is 0. The quantitative estimate of drug-likeness (QED) is 0.226. The molecule has 1 aromatic rings. The van der Waals surface area contributed by atoms with Crippen LogP contribution in [0.4, 0.5) is 0 Å².